The second-order valence-corrected chi connectivity index (χ2v) is 8.86. The van der Waals surface area contributed by atoms with Crippen molar-refractivity contribution in [3.8, 4) is 0 Å². The van der Waals surface area contributed by atoms with Crippen molar-refractivity contribution in [1.29, 1.82) is 0 Å². The summed E-state index contributed by atoms with van der Waals surface area (Å²) in [5.74, 6) is -2.05. The van der Waals surface area contributed by atoms with Crippen LogP contribution in [0.3, 0.4) is 0 Å². The summed E-state index contributed by atoms with van der Waals surface area (Å²) in [4.78, 5) is -0.600. The molecular weight excluding hydrogens is 362 g/mol. The molecule has 24 heavy (non-hydrogen) atoms. The molecule has 0 fully saturated rings. The molecule has 2 aromatic carbocycles. The fourth-order valence-corrected chi connectivity index (χ4v) is 3.80. The third-order valence-electron chi connectivity index (χ3n) is 3.03. The number of nitrogens with one attached hydrogen (secondary N) is 1. The molecule has 0 aromatic heterocycles. The van der Waals surface area contributed by atoms with Crippen LogP contribution in [0.25, 0.3) is 0 Å². The van der Waals surface area contributed by atoms with Crippen LogP contribution in [-0.4, -0.2) is 35.2 Å². The van der Waals surface area contributed by atoms with Crippen LogP contribution >= 0.6 is 0 Å². The second-order valence-electron chi connectivity index (χ2n) is 5.02. The first-order chi connectivity index (χ1) is 11.0. The molecule has 0 atom stereocenters. The van der Waals surface area contributed by atoms with Gasteiger partial charge >= 0.3 is 0 Å². The van der Waals surface area contributed by atoms with Crippen molar-refractivity contribution in [2.75, 3.05) is 18.8 Å². The smallest absolute Gasteiger partial charge is 0.262 e. The Hall–Kier alpha value is -2.04. The van der Waals surface area contributed by atoms with Gasteiger partial charge in [0.05, 0.1) is 9.79 Å². The van der Waals surface area contributed by atoms with E-state index in [1.54, 1.807) is 0 Å². The van der Waals surface area contributed by atoms with E-state index in [1.807, 2.05) is 0 Å². The minimum atomic E-state index is -4.21. The predicted octanol–water partition coefficient (Wildman–Crippen LogP) is 2.02. The van der Waals surface area contributed by atoms with Gasteiger partial charge < -0.3 is 0 Å². The van der Waals surface area contributed by atoms with Crippen LogP contribution in [0.2, 0.25) is 0 Å². The Kier molecular flexibility index (Phi) is 4.92. The van der Waals surface area contributed by atoms with Crippen LogP contribution < -0.4 is 4.72 Å². The number of nitrogens with zero attached hydrogens (tertiary/aromatic N) is 1. The van der Waals surface area contributed by atoms with Crippen LogP contribution in [0.5, 0.6) is 0 Å². The zero-order valence-electron chi connectivity index (χ0n) is 12.7. The number of anilines is 1. The molecule has 0 bridgehead atoms. The maximum atomic E-state index is 13.2. The van der Waals surface area contributed by atoms with Crippen LogP contribution in [0.1, 0.15) is 0 Å². The number of hydrogen-bond acceptors (Lipinski definition) is 4. The summed E-state index contributed by atoms with van der Waals surface area (Å²) < 4.78 is 77.6. The van der Waals surface area contributed by atoms with Gasteiger partial charge in [-0.15, -0.1) is 0 Å². The Morgan fingerprint density at radius 2 is 1.33 bits per heavy atom. The molecule has 2 aromatic rings. The van der Waals surface area contributed by atoms with E-state index in [4.69, 9.17) is 0 Å². The third-order valence-corrected chi connectivity index (χ3v) is 6.22. The molecule has 0 unspecified atom stereocenters. The average molecular weight is 376 g/mol. The van der Waals surface area contributed by atoms with Gasteiger partial charge in [0.15, 0.2) is 0 Å². The first-order valence-electron chi connectivity index (χ1n) is 6.54. The van der Waals surface area contributed by atoms with Crippen molar-refractivity contribution in [3.63, 3.8) is 0 Å². The number of hydrogen-bond donors (Lipinski definition) is 1. The Bertz CT molecular complexity index is 937. The fraction of sp³-hybridized carbons (Fsp3) is 0.143. The minimum absolute atomic E-state index is 0.0211. The Labute approximate surface area is 138 Å². The molecule has 2 rings (SSSR count). The quantitative estimate of drug-likeness (QED) is 0.865. The summed E-state index contributed by atoms with van der Waals surface area (Å²) in [5, 5.41) is 0. The first kappa shape index (κ1) is 18.3. The van der Waals surface area contributed by atoms with E-state index in [-0.39, 0.29) is 10.6 Å². The first-order valence-corrected chi connectivity index (χ1v) is 9.46. The van der Waals surface area contributed by atoms with Gasteiger partial charge in [-0.2, -0.15) is 0 Å². The van der Waals surface area contributed by atoms with Crippen molar-refractivity contribution in [1.82, 2.24) is 4.31 Å². The molecule has 6 nitrogen and oxygen atoms in total. The standard InChI is InChI=1S/C14H14F2N2O4S2/c1-18(2)24(21,22)13-5-3-12(4-6-13)17-23(19,20)14-8-10(15)7-11(16)9-14/h3-9,17H,1-2H3. The van der Waals surface area contributed by atoms with E-state index in [0.717, 1.165) is 4.31 Å². The van der Waals surface area contributed by atoms with Gasteiger partial charge in [-0.05, 0) is 36.4 Å². The number of rotatable bonds is 5. The van der Waals surface area contributed by atoms with E-state index >= 15 is 0 Å². The van der Waals surface area contributed by atoms with Gasteiger partial charge in [-0.1, -0.05) is 0 Å². The number of halogens is 2. The highest BCUT2D eigenvalue weighted by molar-refractivity contribution is 7.92. The normalized spacial score (nSPS) is 12.4. The largest absolute Gasteiger partial charge is 0.280 e. The van der Waals surface area contributed by atoms with E-state index < -0.39 is 36.6 Å². The van der Waals surface area contributed by atoms with Crippen LogP contribution in [0.15, 0.2) is 52.3 Å². The maximum Gasteiger partial charge on any atom is 0.262 e. The van der Waals surface area contributed by atoms with Gasteiger partial charge in [0.2, 0.25) is 10.0 Å². The van der Waals surface area contributed by atoms with E-state index in [1.165, 1.54) is 38.4 Å². The highest BCUT2D eigenvalue weighted by atomic mass is 32.2. The van der Waals surface area contributed by atoms with Crippen LogP contribution in [-0.2, 0) is 20.0 Å². The summed E-state index contributed by atoms with van der Waals surface area (Å²) in [6.07, 6.45) is 0. The predicted molar refractivity (Wildman–Crippen MR) is 84.5 cm³/mol. The molecular formula is C14H14F2N2O4S2. The topological polar surface area (TPSA) is 83.6 Å². The average Bonchev–Trinajstić information content (AvgIpc) is 2.46. The van der Waals surface area contributed by atoms with Gasteiger partial charge in [0.25, 0.3) is 10.0 Å². The summed E-state index contributed by atoms with van der Waals surface area (Å²) in [6, 6.07) is 6.83. The van der Waals surface area contributed by atoms with E-state index in [9.17, 15) is 25.6 Å². The monoisotopic (exact) mass is 376 g/mol. The lowest BCUT2D eigenvalue weighted by Crippen LogP contribution is -2.22. The number of sulfonamides is 2. The second kappa shape index (κ2) is 6.46. The molecule has 0 amide bonds. The van der Waals surface area contributed by atoms with Crippen LogP contribution in [0, 0.1) is 11.6 Å². The van der Waals surface area contributed by atoms with Crippen molar-refractivity contribution < 1.29 is 25.6 Å². The molecule has 0 spiro atoms. The highest BCUT2D eigenvalue weighted by Crippen LogP contribution is 2.21. The molecule has 0 aliphatic rings. The lowest BCUT2D eigenvalue weighted by Gasteiger charge is -2.12. The lowest BCUT2D eigenvalue weighted by atomic mass is 10.3. The molecule has 0 aliphatic carbocycles. The van der Waals surface area contributed by atoms with Crippen molar-refractivity contribution in [2.24, 2.45) is 0 Å². The number of benzene rings is 2. The minimum Gasteiger partial charge on any atom is -0.280 e. The fourth-order valence-electron chi connectivity index (χ4n) is 1.80. The van der Waals surface area contributed by atoms with Crippen molar-refractivity contribution >= 4 is 25.7 Å². The van der Waals surface area contributed by atoms with Crippen LogP contribution in [0.4, 0.5) is 14.5 Å². The molecule has 130 valence electrons. The Balaban J connectivity index is 2.31. The molecule has 0 saturated carbocycles. The lowest BCUT2D eigenvalue weighted by molar-refractivity contribution is 0.521. The summed E-state index contributed by atoms with van der Waals surface area (Å²) in [7, 11) is -5.13. The van der Waals surface area contributed by atoms with Gasteiger partial charge in [0.1, 0.15) is 11.6 Å². The molecule has 0 aliphatic heterocycles. The summed E-state index contributed by atoms with van der Waals surface area (Å²) in [6.45, 7) is 0. The highest BCUT2D eigenvalue weighted by Gasteiger charge is 2.19. The Morgan fingerprint density at radius 1 is 0.833 bits per heavy atom. The van der Waals surface area contributed by atoms with Gasteiger partial charge in [-0.25, -0.2) is 29.9 Å². The van der Waals surface area contributed by atoms with Gasteiger partial charge in [-0.3, -0.25) is 4.72 Å². The van der Waals surface area contributed by atoms with E-state index in [2.05, 4.69) is 4.72 Å². The summed E-state index contributed by atoms with van der Waals surface area (Å²) in [5.41, 5.74) is 0.0531. The van der Waals surface area contributed by atoms with E-state index in [0.29, 0.717) is 18.2 Å². The molecule has 0 radical (unpaired) electrons. The Morgan fingerprint density at radius 3 is 1.79 bits per heavy atom. The zero-order chi connectivity index (χ0) is 18.1. The van der Waals surface area contributed by atoms with Gasteiger partial charge in [0, 0.05) is 25.8 Å². The van der Waals surface area contributed by atoms with Crippen molar-refractivity contribution in [3.05, 3.63) is 54.1 Å². The molecule has 0 heterocycles. The summed E-state index contributed by atoms with van der Waals surface area (Å²) >= 11 is 0. The maximum absolute atomic E-state index is 13.2. The zero-order valence-corrected chi connectivity index (χ0v) is 14.3. The molecule has 0 saturated heterocycles. The SMILES string of the molecule is CN(C)S(=O)(=O)c1ccc(NS(=O)(=O)c2cc(F)cc(F)c2)cc1. The molecule has 1 N–H and O–H groups in total. The van der Waals surface area contributed by atoms with Crippen molar-refractivity contribution in [2.45, 2.75) is 9.79 Å². The molecule has 10 heteroatoms. The third kappa shape index (κ3) is 3.89.